The molecule has 8 nitrogen and oxygen atoms in total. The monoisotopic (exact) mass is 459 g/mol. The molecular formula is C25H37N3O5. The summed E-state index contributed by atoms with van der Waals surface area (Å²) in [5.41, 5.74) is 0.352. The van der Waals surface area contributed by atoms with Crippen LogP contribution < -0.4 is 20.1 Å². The molecule has 2 N–H and O–H groups in total. The van der Waals surface area contributed by atoms with E-state index in [0.717, 1.165) is 0 Å². The van der Waals surface area contributed by atoms with Crippen molar-refractivity contribution in [2.75, 3.05) is 26.4 Å². The third kappa shape index (κ3) is 6.85. The molecule has 1 aromatic carbocycles. The first-order valence-corrected chi connectivity index (χ1v) is 11.8. The molecular weight excluding hydrogens is 422 g/mol. The van der Waals surface area contributed by atoms with Crippen molar-refractivity contribution in [3.8, 4) is 11.5 Å². The zero-order valence-electron chi connectivity index (χ0n) is 20.4. The Bertz CT molecular complexity index is 869. The van der Waals surface area contributed by atoms with Gasteiger partial charge in [0, 0.05) is 31.6 Å². The van der Waals surface area contributed by atoms with E-state index in [0.29, 0.717) is 61.9 Å². The first-order chi connectivity index (χ1) is 15.5. The molecule has 1 fully saturated rings. The van der Waals surface area contributed by atoms with E-state index < -0.39 is 6.04 Å². The van der Waals surface area contributed by atoms with Gasteiger partial charge < -0.3 is 25.0 Å². The van der Waals surface area contributed by atoms with Gasteiger partial charge in [-0.15, -0.1) is 0 Å². The van der Waals surface area contributed by atoms with Crippen LogP contribution in [0.25, 0.3) is 0 Å². The maximum Gasteiger partial charge on any atom is 0.252 e. The lowest BCUT2D eigenvalue weighted by atomic mass is 9.87. The van der Waals surface area contributed by atoms with Gasteiger partial charge in [-0.1, -0.05) is 34.6 Å². The standard InChI is InChI=1S/C25H37N3O5/c1-16(2)14-26-24(31)22(17-8-10-28(11-9-17)21(29)13-25(3,4)5)27-23(30)18-6-7-19-20(12-18)33-15-32-19/h6-7,12,16-17,22H,8-11,13-15H2,1-5H3,(H,26,31)(H,27,30). The van der Waals surface area contributed by atoms with Crippen molar-refractivity contribution in [1.29, 1.82) is 0 Å². The molecule has 0 radical (unpaired) electrons. The summed E-state index contributed by atoms with van der Waals surface area (Å²) in [6.45, 7) is 12.1. The van der Waals surface area contributed by atoms with E-state index in [9.17, 15) is 14.4 Å². The van der Waals surface area contributed by atoms with E-state index >= 15 is 0 Å². The summed E-state index contributed by atoms with van der Waals surface area (Å²) < 4.78 is 10.7. The molecule has 3 rings (SSSR count). The largest absolute Gasteiger partial charge is 0.454 e. The van der Waals surface area contributed by atoms with E-state index in [1.807, 2.05) is 18.7 Å². The molecule has 2 aliphatic rings. The molecule has 8 heteroatoms. The minimum Gasteiger partial charge on any atom is -0.454 e. The quantitative estimate of drug-likeness (QED) is 0.653. The average Bonchev–Trinajstić information content (AvgIpc) is 3.22. The molecule has 2 aliphatic heterocycles. The van der Waals surface area contributed by atoms with Crippen LogP contribution in [0, 0.1) is 17.3 Å². The molecule has 1 saturated heterocycles. The minimum atomic E-state index is -0.665. The fourth-order valence-electron chi connectivity index (χ4n) is 4.12. The summed E-state index contributed by atoms with van der Waals surface area (Å²) in [6.07, 6.45) is 1.82. The van der Waals surface area contributed by atoms with Crippen LogP contribution in [0.4, 0.5) is 0 Å². The summed E-state index contributed by atoms with van der Waals surface area (Å²) in [4.78, 5) is 40.6. The van der Waals surface area contributed by atoms with Gasteiger partial charge in [-0.2, -0.15) is 0 Å². The van der Waals surface area contributed by atoms with Crippen LogP contribution in [0.5, 0.6) is 11.5 Å². The van der Waals surface area contributed by atoms with E-state index in [-0.39, 0.29) is 35.8 Å². The number of nitrogens with one attached hydrogen (secondary N) is 2. The van der Waals surface area contributed by atoms with Gasteiger partial charge >= 0.3 is 0 Å². The van der Waals surface area contributed by atoms with E-state index in [4.69, 9.17) is 9.47 Å². The van der Waals surface area contributed by atoms with Crippen molar-refractivity contribution >= 4 is 17.7 Å². The number of benzene rings is 1. The molecule has 2 heterocycles. The van der Waals surface area contributed by atoms with Crippen molar-refractivity contribution in [2.24, 2.45) is 17.3 Å². The zero-order chi connectivity index (χ0) is 24.2. The van der Waals surface area contributed by atoms with Gasteiger partial charge in [-0.25, -0.2) is 0 Å². The molecule has 0 spiro atoms. The van der Waals surface area contributed by atoms with Crippen LogP contribution in [0.3, 0.4) is 0 Å². The number of hydrogen-bond donors (Lipinski definition) is 2. The van der Waals surface area contributed by atoms with Crippen molar-refractivity contribution in [3.05, 3.63) is 23.8 Å². The zero-order valence-corrected chi connectivity index (χ0v) is 20.4. The molecule has 33 heavy (non-hydrogen) atoms. The molecule has 1 aromatic rings. The van der Waals surface area contributed by atoms with E-state index in [2.05, 4.69) is 31.4 Å². The normalized spacial score (nSPS) is 17.1. The predicted molar refractivity (Wildman–Crippen MR) is 125 cm³/mol. The second-order valence-corrected chi connectivity index (χ2v) is 10.6. The number of piperidine rings is 1. The van der Waals surface area contributed by atoms with Crippen LogP contribution in [0.15, 0.2) is 18.2 Å². The number of nitrogens with zero attached hydrogens (tertiary/aromatic N) is 1. The lowest BCUT2D eigenvalue weighted by molar-refractivity contribution is -0.134. The van der Waals surface area contributed by atoms with Gasteiger partial charge in [0.2, 0.25) is 18.6 Å². The van der Waals surface area contributed by atoms with Crippen LogP contribution in [0.2, 0.25) is 0 Å². The summed E-state index contributed by atoms with van der Waals surface area (Å²) in [5.74, 6) is 1.01. The number of likely N-dealkylation sites (tertiary alicyclic amines) is 1. The molecule has 3 amide bonds. The Hall–Kier alpha value is -2.77. The summed E-state index contributed by atoms with van der Waals surface area (Å²) in [7, 11) is 0. The summed E-state index contributed by atoms with van der Waals surface area (Å²) in [5, 5.41) is 5.91. The first-order valence-electron chi connectivity index (χ1n) is 11.8. The van der Waals surface area contributed by atoms with Crippen molar-refractivity contribution < 1.29 is 23.9 Å². The van der Waals surface area contributed by atoms with Crippen molar-refractivity contribution in [3.63, 3.8) is 0 Å². The Labute approximate surface area is 196 Å². The van der Waals surface area contributed by atoms with Gasteiger partial charge in [0.05, 0.1) is 0 Å². The fourth-order valence-corrected chi connectivity index (χ4v) is 4.12. The van der Waals surface area contributed by atoms with Gasteiger partial charge in [-0.3, -0.25) is 14.4 Å². The Morgan fingerprint density at radius 2 is 1.76 bits per heavy atom. The predicted octanol–water partition coefficient (Wildman–Crippen LogP) is 2.96. The van der Waals surface area contributed by atoms with Gasteiger partial charge in [0.25, 0.3) is 5.91 Å². The van der Waals surface area contributed by atoms with Gasteiger partial charge in [-0.05, 0) is 48.3 Å². The Morgan fingerprint density at radius 1 is 1.09 bits per heavy atom. The van der Waals surface area contributed by atoms with Crippen LogP contribution in [0.1, 0.15) is 64.2 Å². The average molecular weight is 460 g/mol. The SMILES string of the molecule is CC(C)CNC(=O)C(NC(=O)c1ccc2c(c1)OCO2)C1CCN(C(=O)CC(C)(C)C)CC1. The van der Waals surface area contributed by atoms with Crippen molar-refractivity contribution in [2.45, 2.75) is 59.9 Å². The number of ether oxygens (including phenoxy) is 2. The third-order valence-corrected chi connectivity index (χ3v) is 5.93. The molecule has 0 aliphatic carbocycles. The number of fused-ring (bicyclic) bond motifs is 1. The van der Waals surface area contributed by atoms with Gasteiger partial charge in [0.15, 0.2) is 11.5 Å². The molecule has 0 aromatic heterocycles. The lowest BCUT2D eigenvalue weighted by Crippen LogP contribution is -2.54. The highest BCUT2D eigenvalue weighted by molar-refractivity contribution is 5.98. The third-order valence-electron chi connectivity index (χ3n) is 5.93. The number of hydrogen-bond acceptors (Lipinski definition) is 5. The Kier molecular flexibility index (Phi) is 7.87. The number of rotatable bonds is 7. The molecule has 1 unspecified atom stereocenters. The molecule has 0 bridgehead atoms. The Balaban J connectivity index is 1.67. The highest BCUT2D eigenvalue weighted by Gasteiger charge is 2.34. The summed E-state index contributed by atoms with van der Waals surface area (Å²) in [6, 6.07) is 4.33. The highest BCUT2D eigenvalue weighted by atomic mass is 16.7. The first kappa shape index (κ1) is 24.9. The maximum absolute atomic E-state index is 13.1. The van der Waals surface area contributed by atoms with Crippen molar-refractivity contribution in [1.82, 2.24) is 15.5 Å². The van der Waals surface area contributed by atoms with Gasteiger partial charge in [0.1, 0.15) is 6.04 Å². The molecule has 0 saturated carbocycles. The van der Waals surface area contributed by atoms with Crippen LogP contribution in [-0.4, -0.2) is 55.1 Å². The fraction of sp³-hybridized carbons (Fsp3) is 0.640. The lowest BCUT2D eigenvalue weighted by Gasteiger charge is -2.37. The highest BCUT2D eigenvalue weighted by Crippen LogP contribution is 2.32. The number of amides is 3. The summed E-state index contributed by atoms with van der Waals surface area (Å²) >= 11 is 0. The smallest absolute Gasteiger partial charge is 0.252 e. The van der Waals surface area contributed by atoms with E-state index in [1.165, 1.54) is 0 Å². The maximum atomic E-state index is 13.1. The Morgan fingerprint density at radius 3 is 2.39 bits per heavy atom. The topological polar surface area (TPSA) is 97.0 Å². The van der Waals surface area contributed by atoms with Crippen LogP contribution in [-0.2, 0) is 9.59 Å². The minimum absolute atomic E-state index is 0.0474. The van der Waals surface area contributed by atoms with Crippen LogP contribution >= 0.6 is 0 Å². The number of carbonyl (C=O) groups is 3. The van der Waals surface area contributed by atoms with E-state index in [1.54, 1.807) is 18.2 Å². The molecule has 1 atom stereocenters. The second-order valence-electron chi connectivity index (χ2n) is 10.6. The number of carbonyl (C=O) groups excluding carboxylic acids is 3. The molecule has 182 valence electrons. The second kappa shape index (κ2) is 10.4.